The van der Waals surface area contributed by atoms with E-state index in [2.05, 4.69) is 13.8 Å². The van der Waals surface area contributed by atoms with E-state index in [0.29, 0.717) is 28.2 Å². The predicted molar refractivity (Wildman–Crippen MR) is 173 cm³/mol. The largest absolute Gasteiger partial charge is 0.478 e. The van der Waals surface area contributed by atoms with E-state index in [1.165, 1.54) is 84.5 Å². The zero-order valence-corrected chi connectivity index (χ0v) is 28.2. The normalized spacial score (nSPS) is 33.6. The van der Waals surface area contributed by atoms with Crippen LogP contribution in [0.3, 0.4) is 0 Å². The van der Waals surface area contributed by atoms with E-state index in [1.807, 2.05) is 27.7 Å². The molecule has 5 heteroatoms. The Balaban J connectivity index is 0.000000282. The molecule has 0 aromatic heterocycles. The smallest absolute Gasteiger partial charge is 0.347 e. The van der Waals surface area contributed by atoms with Crippen molar-refractivity contribution < 1.29 is 19.7 Å². The molecule has 0 aliphatic heterocycles. The summed E-state index contributed by atoms with van der Waals surface area (Å²) in [6.45, 7) is 16.7. The van der Waals surface area contributed by atoms with Gasteiger partial charge in [-0.15, -0.1) is 0 Å². The van der Waals surface area contributed by atoms with Crippen molar-refractivity contribution in [2.75, 3.05) is 6.61 Å². The van der Waals surface area contributed by atoms with E-state index in [1.54, 1.807) is 24.3 Å². The summed E-state index contributed by atoms with van der Waals surface area (Å²) in [4.78, 5) is 10.7. The predicted octanol–water partition coefficient (Wildman–Crippen LogP) is 10.4. The average Bonchev–Trinajstić information content (AvgIpc) is 3.31. The maximum atomic E-state index is 10.7. The molecular weight excluding hydrogens is 532 g/mol. The zero-order valence-electron chi connectivity index (χ0n) is 27.5. The van der Waals surface area contributed by atoms with Crippen LogP contribution in [0.2, 0.25) is 5.02 Å². The molecule has 7 unspecified atom stereocenters. The van der Waals surface area contributed by atoms with Crippen molar-refractivity contribution in [3.05, 3.63) is 29.3 Å². The summed E-state index contributed by atoms with van der Waals surface area (Å²) < 4.78 is 5.26. The minimum absolute atomic E-state index is 0.392. The molecule has 0 spiro atoms. The number of aliphatic hydroxyl groups is 1. The molecule has 4 saturated carbocycles. The molecule has 0 saturated heterocycles. The van der Waals surface area contributed by atoms with Gasteiger partial charge in [-0.25, -0.2) is 4.79 Å². The Morgan fingerprint density at radius 1 is 0.902 bits per heavy atom. The fourth-order valence-corrected chi connectivity index (χ4v) is 9.18. The van der Waals surface area contributed by atoms with Gasteiger partial charge in [0.25, 0.3) is 0 Å². The van der Waals surface area contributed by atoms with Gasteiger partial charge >= 0.3 is 5.97 Å². The molecule has 5 rings (SSSR count). The number of carbonyl (C=O) groups is 1. The Bertz CT molecular complexity index is 915. The zero-order chi connectivity index (χ0) is 30.8. The number of hydrogen-bond acceptors (Lipinski definition) is 3. The highest BCUT2D eigenvalue weighted by atomic mass is 35.5. The first-order valence-electron chi connectivity index (χ1n) is 16.8. The van der Waals surface area contributed by atoms with Crippen LogP contribution < -0.4 is 4.74 Å². The maximum Gasteiger partial charge on any atom is 0.347 e. The molecule has 0 amide bonds. The summed E-state index contributed by atoms with van der Waals surface area (Å²) >= 11 is 5.67. The molecule has 1 aromatic carbocycles. The Hall–Kier alpha value is -1.26. The minimum atomic E-state index is -1.23. The summed E-state index contributed by atoms with van der Waals surface area (Å²) in [6.07, 6.45) is 17.4. The molecule has 0 radical (unpaired) electrons. The molecule has 0 heterocycles. The van der Waals surface area contributed by atoms with Crippen LogP contribution in [0, 0.1) is 40.4 Å². The van der Waals surface area contributed by atoms with E-state index in [0.717, 1.165) is 36.0 Å². The maximum absolute atomic E-state index is 10.7. The van der Waals surface area contributed by atoms with Gasteiger partial charge in [-0.2, -0.15) is 0 Å². The summed E-state index contributed by atoms with van der Waals surface area (Å²) in [5.41, 5.74) is 0.0632. The van der Waals surface area contributed by atoms with Gasteiger partial charge in [-0.1, -0.05) is 66.0 Å². The third-order valence-electron chi connectivity index (χ3n) is 11.2. The highest BCUT2D eigenvalue weighted by Gasteiger charge is 2.59. The van der Waals surface area contributed by atoms with Crippen LogP contribution in [0.4, 0.5) is 0 Å². The van der Waals surface area contributed by atoms with Crippen molar-refractivity contribution in [3.63, 3.8) is 0 Å². The Kier molecular flexibility index (Phi) is 14.0. The van der Waals surface area contributed by atoms with Gasteiger partial charge in [-0.3, -0.25) is 0 Å². The molecular formula is C36H61ClO4. The topological polar surface area (TPSA) is 66.8 Å². The number of halogens is 1. The van der Waals surface area contributed by atoms with Gasteiger partial charge in [0.15, 0.2) is 5.60 Å². The third-order valence-corrected chi connectivity index (χ3v) is 11.4. The molecule has 2 N–H and O–H groups in total. The molecule has 41 heavy (non-hydrogen) atoms. The molecule has 4 fully saturated rings. The van der Waals surface area contributed by atoms with Crippen LogP contribution in [0.15, 0.2) is 24.3 Å². The first kappa shape index (κ1) is 35.9. The third kappa shape index (κ3) is 8.22. The van der Waals surface area contributed by atoms with Gasteiger partial charge in [0, 0.05) is 11.6 Å². The standard InChI is InChI=1S/C22H38O.C10H11ClO3.2C2H6/c1-21-13-4-3-6-16(21)8-10-18-19-11-9-17(7-5-15-23)22(19,2)14-12-20(18)21;1-10(2,9(12)13)14-8-5-3-7(11)4-6-8;2*1-2/h16-20,23H,3-15H2,1-2H3;3-6H,1-2H3,(H,12,13);2*1-2H3. The number of carboxylic acid groups (broad SMARTS) is 1. The van der Waals surface area contributed by atoms with E-state index in [4.69, 9.17) is 21.4 Å². The summed E-state index contributed by atoms with van der Waals surface area (Å²) in [6, 6.07) is 6.56. The number of carboxylic acids is 1. The second kappa shape index (κ2) is 16.0. The minimum Gasteiger partial charge on any atom is -0.478 e. The van der Waals surface area contributed by atoms with Crippen LogP contribution in [-0.2, 0) is 4.79 Å². The number of aliphatic hydroxyl groups excluding tert-OH is 1. The lowest BCUT2D eigenvalue weighted by molar-refractivity contribution is -0.152. The molecule has 4 aliphatic rings. The van der Waals surface area contributed by atoms with E-state index < -0.39 is 11.6 Å². The first-order valence-corrected chi connectivity index (χ1v) is 17.2. The fraction of sp³-hybridized carbons (Fsp3) is 0.806. The highest BCUT2D eigenvalue weighted by Crippen LogP contribution is 2.67. The van der Waals surface area contributed by atoms with Gasteiger partial charge in [0.05, 0.1) is 0 Å². The number of rotatable bonds is 6. The Labute approximate surface area is 257 Å². The fourth-order valence-electron chi connectivity index (χ4n) is 9.06. The lowest BCUT2D eigenvalue weighted by Gasteiger charge is -2.60. The van der Waals surface area contributed by atoms with Gasteiger partial charge in [-0.05, 0) is 143 Å². The van der Waals surface area contributed by atoms with E-state index in [-0.39, 0.29) is 0 Å². The lowest BCUT2D eigenvalue weighted by Crippen LogP contribution is -2.52. The average molecular weight is 593 g/mol. The molecule has 4 nitrogen and oxygen atoms in total. The number of ether oxygens (including phenoxy) is 1. The van der Waals surface area contributed by atoms with Crippen LogP contribution in [0.5, 0.6) is 5.75 Å². The Morgan fingerprint density at radius 2 is 1.54 bits per heavy atom. The van der Waals surface area contributed by atoms with Crippen LogP contribution >= 0.6 is 11.6 Å². The van der Waals surface area contributed by atoms with Crippen LogP contribution in [-0.4, -0.2) is 28.4 Å². The summed E-state index contributed by atoms with van der Waals surface area (Å²) in [5.74, 6) is 4.51. The molecule has 7 atom stereocenters. The van der Waals surface area contributed by atoms with E-state index in [9.17, 15) is 9.90 Å². The van der Waals surface area contributed by atoms with Crippen molar-refractivity contribution in [2.24, 2.45) is 40.4 Å². The number of benzene rings is 1. The second-order valence-corrected chi connectivity index (χ2v) is 13.9. The van der Waals surface area contributed by atoms with Gasteiger partial charge in [0.2, 0.25) is 0 Å². The van der Waals surface area contributed by atoms with Crippen LogP contribution in [0.25, 0.3) is 0 Å². The molecule has 1 aromatic rings. The summed E-state index contributed by atoms with van der Waals surface area (Å²) in [5, 5.41) is 18.7. The highest BCUT2D eigenvalue weighted by molar-refractivity contribution is 6.30. The van der Waals surface area contributed by atoms with Crippen molar-refractivity contribution in [1.29, 1.82) is 0 Å². The van der Waals surface area contributed by atoms with Crippen LogP contribution in [0.1, 0.15) is 132 Å². The molecule has 236 valence electrons. The second-order valence-electron chi connectivity index (χ2n) is 13.5. The quantitative estimate of drug-likeness (QED) is 0.345. The lowest BCUT2D eigenvalue weighted by atomic mass is 9.45. The van der Waals surface area contributed by atoms with Crippen molar-refractivity contribution in [3.8, 4) is 5.75 Å². The monoisotopic (exact) mass is 592 g/mol. The molecule has 4 aliphatic carbocycles. The molecule has 0 bridgehead atoms. The van der Waals surface area contributed by atoms with Gasteiger partial charge in [0.1, 0.15) is 5.75 Å². The van der Waals surface area contributed by atoms with Crippen molar-refractivity contribution >= 4 is 17.6 Å². The number of fused-ring (bicyclic) bond motifs is 5. The Morgan fingerprint density at radius 3 is 2.15 bits per heavy atom. The van der Waals surface area contributed by atoms with E-state index >= 15 is 0 Å². The first-order chi connectivity index (χ1) is 19.5. The summed E-state index contributed by atoms with van der Waals surface area (Å²) in [7, 11) is 0. The number of aliphatic carboxylic acids is 1. The van der Waals surface area contributed by atoms with Crippen molar-refractivity contribution in [2.45, 2.75) is 138 Å². The number of hydrogen-bond donors (Lipinski definition) is 2. The van der Waals surface area contributed by atoms with Crippen molar-refractivity contribution in [1.82, 2.24) is 0 Å². The van der Waals surface area contributed by atoms with Gasteiger partial charge < -0.3 is 14.9 Å². The SMILES string of the molecule is CC.CC.CC(C)(Oc1ccc(Cl)cc1)C(=O)O.CC12CCCCC1CCC1C2CCC2(C)C(CCCO)CCC12.